The molecular weight excluding hydrogens is 706 g/mol. The van der Waals surface area contributed by atoms with Crippen LogP contribution in [0.2, 0.25) is 5.02 Å². The minimum Gasteiger partial charge on any atom is -0.352 e. The number of rotatable bonds is 12. The summed E-state index contributed by atoms with van der Waals surface area (Å²) >= 11 is 5.89. The summed E-state index contributed by atoms with van der Waals surface area (Å²) in [6.45, 7) is 0.560. The Balaban J connectivity index is 1.61. The van der Waals surface area contributed by atoms with Crippen LogP contribution < -0.4 is 9.62 Å². The van der Waals surface area contributed by atoms with E-state index in [1.54, 1.807) is 37.3 Å². The van der Waals surface area contributed by atoms with Crippen LogP contribution >= 0.6 is 11.6 Å². The molecule has 0 saturated heterocycles. The third kappa shape index (κ3) is 9.68. The first-order valence-electron chi connectivity index (χ1n) is 16.6. The lowest BCUT2D eigenvalue weighted by molar-refractivity contribution is -0.140. The van der Waals surface area contributed by atoms with Crippen molar-refractivity contribution >= 4 is 39.1 Å². The quantitative estimate of drug-likeness (QED) is 0.149. The van der Waals surface area contributed by atoms with Gasteiger partial charge in [0.1, 0.15) is 18.4 Å². The van der Waals surface area contributed by atoms with Gasteiger partial charge in [-0.25, -0.2) is 12.8 Å². The molecule has 1 unspecified atom stereocenters. The van der Waals surface area contributed by atoms with Crippen molar-refractivity contribution in [2.75, 3.05) is 10.8 Å². The number of sulfonamides is 1. The molecule has 1 fully saturated rings. The van der Waals surface area contributed by atoms with Crippen LogP contribution in [0.1, 0.15) is 54.4 Å². The Morgan fingerprint density at radius 1 is 0.882 bits per heavy atom. The van der Waals surface area contributed by atoms with Gasteiger partial charge in [0, 0.05) is 19.0 Å². The smallest absolute Gasteiger partial charge is 0.352 e. The molecule has 13 heteroatoms. The van der Waals surface area contributed by atoms with Gasteiger partial charge in [-0.1, -0.05) is 91.0 Å². The first-order valence-corrected chi connectivity index (χ1v) is 18.4. The van der Waals surface area contributed by atoms with E-state index in [2.05, 4.69) is 5.32 Å². The molecule has 7 nitrogen and oxygen atoms in total. The summed E-state index contributed by atoms with van der Waals surface area (Å²) in [4.78, 5) is 29.8. The van der Waals surface area contributed by atoms with Crippen LogP contribution in [0.15, 0.2) is 102 Å². The van der Waals surface area contributed by atoms with Crippen molar-refractivity contribution < 1.29 is 35.6 Å². The number of nitrogens with one attached hydrogen (secondary N) is 1. The Morgan fingerprint density at radius 3 is 2.16 bits per heavy atom. The summed E-state index contributed by atoms with van der Waals surface area (Å²) in [6.07, 6.45) is -0.453. The maximum atomic E-state index is 14.6. The van der Waals surface area contributed by atoms with Crippen molar-refractivity contribution in [3.8, 4) is 0 Å². The number of halogens is 5. The van der Waals surface area contributed by atoms with Gasteiger partial charge in [-0.05, 0) is 73.4 Å². The number of benzene rings is 4. The first-order chi connectivity index (χ1) is 24.2. The number of alkyl halides is 3. The molecule has 1 aliphatic rings. The first kappa shape index (κ1) is 37.8. The van der Waals surface area contributed by atoms with Gasteiger partial charge in [-0.3, -0.25) is 13.9 Å². The van der Waals surface area contributed by atoms with Gasteiger partial charge in [-0.15, -0.1) is 0 Å². The van der Waals surface area contributed by atoms with Crippen molar-refractivity contribution in [1.29, 1.82) is 0 Å². The van der Waals surface area contributed by atoms with E-state index in [9.17, 15) is 35.6 Å². The van der Waals surface area contributed by atoms with E-state index >= 15 is 0 Å². The largest absolute Gasteiger partial charge is 0.417 e. The highest BCUT2D eigenvalue weighted by molar-refractivity contribution is 7.92. The highest BCUT2D eigenvalue weighted by Crippen LogP contribution is 2.38. The lowest BCUT2D eigenvalue weighted by Crippen LogP contribution is -2.55. The molecule has 270 valence electrons. The molecule has 51 heavy (non-hydrogen) atoms. The highest BCUT2D eigenvalue weighted by Gasteiger charge is 2.38. The number of hydrogen-bond acceptors (Lipinski definition) is 4. The molecule has 0 aromatic heterocycles. The number of nitrogens with zero attached hydrogens (tertiary/aromatic N) is 2. The van der Waals surface area contributed by atoms with E-state index in [0.29, 0.717) is 15.9 Å². The lowest BCUT2D eigenvalue weighted by Gasteiger charge is -2.35. The number of amides is 2. The average molecular weight is 744 g/mol. The average Bonchev–Trinajstić information content (AvgIpc) is 3.10. The van der Waals surface area contributed by atoms with E-state index in [4.69, 9.17) is 11.6 Å². The molecule has 2 amide bonds. The predicted octanol–water partition coefficient (Wildman–Crippen LogP) is 8.09. The SMILES string of the molecule is Cc1ccc(S(=O)(=O)N(CC(=O)N(Cc2ccc(F)cc2)C(Cc2ccccc2)C(=O)NC2CCCCC2)c2ccc(Cl)c(C(F)(F)F)c2)cc1. The zero-order valence-corrected chi connectivity index (χ0v) is 29.4. The Bertz CT molecular complexity index is 1920. The predicted molar refractivity (Wildman–Crippen MR) is 188 cm³/mol. The third-order valence-electron chi connectivity index (χ3n) is 8.92. The molecule has 4 aromatic rings. The van der Waals surface area contributed by atoms with Crippen molar-refractivity contribution in [1.82, 2.24) is 10.2 Å². The van der Waals surface area contributed by atoms with Crippen molar-refractivity contribution in [2.24, 2.45) is 0 Å². The van der Waals surface area contributed by atoms with Gasteiger partial charge in [0.15, 0.2) is 0 Å². The summed E-state index contributed by atoms with van der Waals surface area (Å²) in [7, 11) is -4.66. The minimum atomic E-state index is -4.93. The molecule has 1 N–H and O–H groups in total. The monoisotopic (exact) mass is 743 g/mol. The molecule has 0 aliphatic heterocycles. The number of anilines is 1. The van der Waals surface area contributed by atoms with Crippen LogP contribution in [0.3, 0.4) is 0 Å². The summed E-state index contributed by atoms with van der Waals surface area (Å²) in [5.74, 6) is -1.84. The number of carbonyl (C=O) groups excluding carboxylic acids is 2. The van der Waals surface area contributed by atoms with Gasteiger partial charge in [0.05, 0.1) is 21.2 Å². The fourth-order valence-corrected chi connectivity index (χ4v) is 7.77. The van der Waals surface area contributed by atoms with Crippen LogP contribution in [0, 0.1) is 12.7 Å². The molecule has 0 bridgehead atoms. The topological polar surface area (TPSA) is 86.8 Å². The van der Waals surface area contributed by atoms with E-state index < -0.39 is 62.7 Å². The summed E-state index contributed by atoms with van der Waals surface area (Å²) < 4.78 is 85.0. The molecule has 0 heterocycles. The molecular formula is C38H38ClF4N3O4S. The lowest BCUT2D eigenvalue weighted by atomic mass is 9.94. The molecule has 0 radical (unpaired) electrons. The summed E-state index contributed by atoms with van der Waals surface area (Å²) in [5.41, 5.74) is 0.173. The van der Waals surface area contributed by atoms with E-state index in [-0.39, 0.29) is 23.9 Å². The zero-order valence-electron chi connectivity index (χ0n) is 27.9. The van der Waals surface area contributed by atoms with Gasteiger partial charge in [0.2, 0.25) is 11.8 Å². The normalized spacial score (nSPS) is 14.5. The van der Waals surface area contributed by atoms with E-state index in [1.165, 1.54) is 53.4 Å². The van der Waals surface area contributed by atoms with Gasteiger partial charge in [-0.2, -0.15) is 13.2 Å². The minimum absolute atomic E-state index is 0.0518. The van der Waals surface area contributed by atoms with Crippen LogP contribution in [0.5, 0.6) is 0 Å². The molecule has 5 rings (SSSR count). The van der Waals surface area contributed by atoms with Crippen molar-refractivity contribution in [3.05, 3.63) is 130 Å². The van der Waals surface area contributed by atoms with Crippen LogP contribution in [0.25, 0.3) is 0 Å². The zero-order chi connectivity index (χ0) is 36.8. The Morgan fingerprint density at radius 2 is 1.53 bits per heavy atom. The Labute approximate surface area is 300 Å². The fourth-order valence-electron chi connectivity index (χ4n) is 6.14. The summed E-state index contributed by atoms with van der Waals surface area (Å²) in [6, 6.07) is 21.2. The number of carbonyl (C=O) groups is 2. The second-order valence-corrected chi connectivity index (χ2v) is 15.0. The number of hydrogen-bond donors (Lipinski definition) is 1. The molecule has 1 atom stereocenters. The van der Waals surface area contributed by atoms with Crippen LogP contribution in [-0.2, 0) is 38.8 Å². The van der Waals surface area contributed by atoms with Crippen LogP contribution in [0.4, 0.5) is 23.2 Å². The van der Waals surface area contributed by atoms with Gasteiger partial charge < -0.3 is 10.2 Å². The van der Waals surface area contributed by atoms with Crippen molar-refractivity contribution in [2.45, 2.75) is 75.1 Å². The Hall–Kier alpha value is -4.42. The second kappa shape index (κ2) is 16.3. The summed E-state index contributed by atoms with van der Waals surface area (Å²) in [5, 5.41) is 2.43. The molecule has 0 spiro atoms. The van der Waals surface area contributed by atoms with E-state index in [0.717, 1.165) is 55.4 Å². The standard InChI is InChI=1S/C38H38ClF4N3O4S/c1-26-12-19-32(20-13-26)51(49,50)46(31-18-21-34(39)33(23-31)38(41,42)43)25-36(47)45(24-28-14-16-29(40)17-15-28)35(22-27-8-4-2-5-9-27)37(48)44-30-10-6-3-7-11-30/h2,4-5,8-9,12-21,23,30,35H,3,6-7,10-11,22,24-25H2,1H3,(H,44,48). The van der Waals surface area contributed by atoms with Crippen molar-refractivity contribution in [3.63, 3.8) is 0 Å². The Kier molecular flexibility index (Phi) is 12.1. The molecule has 4 aromatic carbocycles. The third-order valence-corrected chi connectivity index (χ3v) is 11.0. The fraction of sp³-hybridized carbons (Fsp3) is 0.316. The second-order valence-electron chi connectivity index (χ2n) is 12.7. The number of aryl methyl sites for hydroxylation is 1. The van der Waals surface area contributed by atoms with Crippen LogP contribution in [-0.4, -0.2) is 43.8 Å². The van der Waals surface area contributed by atoms with Gasteiger partial charge in [0.25, 0.3) is 10.0 Å². The molecule has 1 aliphatic carbocycles. The maximum Gasteiger partial charge on any atom is 0.417 e. The highest BCUT2D eigenvalue weighted by atomic mass is 35.5. The van der Waals surface area contributed by atoms with Gasteiger partial charge >= 0.3 is 6.18 Å². The molecule has 1 saturated carbocycles. The maximum absolute atomic E-state index is 14.6. The van der Waals surface area contributed by atoms with E-state index in [1.807, 2.05) is 0 Å².